The Morgan fingerprint density at radius 1 is 1.70 bits per heavy atom. The van der Waals surface area contributed by atoms with Crippen molar-refractivity contribution in [2.45, 2.75) is 6.92 Å². The van der Waals surface area contributed by atoms with E-state index in [0.29, 0.717) is 0 Å². The topological polar surface area (TPSA) is 80.7 Å². The summed E-state index contributed by atoms with van der Waals surface area (Å²) in [6, 6.07) is 0. The first-order chi connectivity index (χ1) is 3.92. The molecule has 0 fully saturated rings. The minimum Gasteiger partial charge on any atom is -1.00 e. The maximum atomic E-state index is 9.89. The number of rotatable bonds is 2. The molecule has 0 aromatic carbocycles. The van der Waals surface area contributed by atoms with Gasteiger partial charge in [0.1, 0.15) is 0 Å². The van der Waals surface area contributed by atoms with Gasteiger partial charge >= 0.3 is 39.1 Å². The van der Waals surface area contributed by atoms with Crippen LogP contribution in [-0.4, -0.2) is 47.9 Å². The first kappa shape index (κ1) is 12.8. The van der Waals surface area contributed by atoms with Gasteiger partial charge in [-0.1, -0.05) is 0 Å². The van der Waals surface area contributed by atoms with Gasteiger partial charge in [-0.15, -0.1) is 0 Å². The molecule has 0 rings (SSSR count). The third-order valence-electron chi connectivity index (χ3n) is 0.411. The summed E-state index contributed by atoms with van der Waals surface area (Å²) in [6.45, 7) is 1.05. The minimum atomic E-state index is -4.16. The Bertz CT molecular complexity index is 203. The Labute approximate surface area is 77.6 Å². The van der Waals surface area contributed by atoms with Crippen molar-refractivity contribution < 1.29 is 25.4 Å². The summed E-state index contributed by atoms with van der Waals surface area (Å²) in [5.74, 6) is -1.71. The molecule has 7 heteroatoms. The van der Waals surface area contributed by atoms with Gasteiger partial charge in [-0.3, -0.25) is 9.35 Å². The molecule has 0 aromatic rings. The van der Waals surface area contributed by atoms with Crippen LogP contribution in [0.2, 0.25) is 0 Å². The first-order valence-electron chi connectivity index (χ1n) is 2.00. The van der Waals surface area contributed by atoms with Gasteiger partial charge in [0.15, 0.2) is 0 Å². The van der Waals surface area contributed by atoms with E-state index in [0.717, 1.165) is 6.92 Å². The minimum absolute atomic E-state index is 0. The molecule has 0 bridgehead atoms. The van der Waals surface area contributed by atoms with Crippen molar-refractivity contribution in [3.63, 3.8) is 0 Å². The van der Waals surface area contributed by atoms with E-state index in [9.17, 15) is 13.2 Å². The smallest absolute Gasteiger partial charge is 1.00 e. The van der Waals surface area contributed by atoms with Crippen molar-refractivity contribution in [2.24, 2.45) is 0 Å². The molecule has 0 aliphatic heterocycles. The van der Waals surface area contributed by atoms with Crippen LogP contribution < -0.4 is 0 Å². The maximum absolute atomic E-state index is 9.89. The molecule has 0 aliphatic rings. The molecular formula is C3H8MgO5S. The molecule has 0 aliphatic carbocycles. The van der Waals surface area contributed by atoms with Crippen LogP contribution in [0.4, 0.5) is 0 Å². The quantitative estimate of drug-likeness (QED) is 0.343. The fraction of sp³-hybridized carbons (Fsp3) is 0.667. The van der Waals surface area contributed by atoms with Gasteiger partial charge in [-0.05, 0) is 0 Å². The van der Waals surface area contributed by atoms with Crippen LogP contribution in [0.1, 0.15) is 9.78 Å². The molecule has 0 saturated heterocycles. The maximum Gasteiger partial charge on any atom is 2.00 e. The summed E-state index contributed by atoms with van der Waals surface area (Å²) < 4.78 is 31.5. The summed E-state index contributed by atoms with van der Waals surface area (Å²) >= 11 is 0. The van der Waals surface area contributed by atoms with Gasteiger partial charge in [0.05, 0.1) is 0 Å². The van der Waals surface area contributed by atoms with E-state index in [-0.39, 0.29) is 25.9 Å². The van der Waals surface area contributed by atoms with E-state index in [1.807, 2.05) is 0 Å². The zero-order valence-electron chi connectivity index (χ0n) is 7.40. The predicted octanol–water partition coefficient (Wildman–Crippen LogP) is -0.761. The van der Waals surface area contributed by atoms with Crippen LogP contribution >= 0.6 is 0 Å². The average Bonchev–Trinajstić information content (AvgIpc) is 1.59. The number of hydrogen-bond donors (Lipinski definition) is 1. The van der Waals surface area contributed by atoms with Gasteiger partial charge in [0.25, 0.3) is 0 Å². The van der Waals surface area contributed by atoms with Gasteiger partial charge in [-0.2, -0.15) is 8.42 Å². The zero-order chi connectivity index (χ0) is 7.49. The Balaban J connectivity index is -0.000000107. The summed E-state index contributed by atoms with van der Waals surface area (Å²) in [5.41, 5.74) is 0. The Hall–Kier alpha value is 0.146. The van der Waals surface area contributed by atoms with E-state index in [4.69, 9.17) is 4.55 Å². The fourth-order valence-corrected chi connectivity index (χ4v) is 0.472. The average molecular weight is 180 g/mol. The molecule has 5 nitrogen and oxygen atoms in total. The van der Waals surface area contributed by atoms with Crippen molar-refractivity contribution in [2.75, 3.05) is 5.94 Å². The molecule has 0 spiro atoms. The predicted molar refractivity (Wildman–Crippen MR) is 36.2 cm³/mol. The summed E-state index contributed by atoms with van der Waals surface area (Å²) in [7, 11) is -4.16. The Morgan fingerprint density at radius 2 is 2.10 bits per heavy atom. The molecule has 0 aromatic heterocycles. The van der Waals surface area contributed by atoms with Crippen molar-refractivity contribution in [1.82, 2.24) is 0 Å². The number of esters is 1. The number of hydrogen-bond acceptors (Lipinski definition) is 4. The molecule has 58 valence electrons. The molecule has 0 amide bonds. The number of carbonyl (C=O) groups excluding carboxylic acids is 1. The second kappa shape index (κ2) is 4.89. The van der Waals surface area contributed by atoms with Crippen LogP contribution in [0.15, 0.2) is 0 Å². The zero-order valence-corrected chi connectivity index (χ0v) is 7.63. The third kappa shape index (κ3) is 11.0. The third-order valence-corrected chi connectivity index (χ3v) is 0.827. The summed E-state index contributed by atoms with van der Waals surface area (Å²) in [5, 5.41) is 0. The molecular weight excluding hydrogens is 172 g/mol. The number of ether oxygens (including phenoxy) is 1. The van der Waals surface area contributed by atoms with E-state index in [1.165, 1.54) is 0 Å². The Kier molecular flexibility index (Phi) is 6.25. The first-order valence-corrected chi connectivity index (χ1v) is 3.61. The molecule has 0 unspecified atom stereocenters. The molecule has 0 heterocycles. The van der Waals surface area contributed by atoms with Crippen molar-refractivity contribution >= 4 is 39.1 Å². The van der Waals surface area contributed by atoms with Crippen LogP contribution in [0, 0.1) is 0 Å². The monoisotopic (exact) mass is 180 g/mol. The molecule has 10 heavy (non-hydrogen) atoms. The molecule has 0 radical (unpaired) electrons. The van der Waals surface area contributed by atoms with Crippen LogP contribution in [0.5, 0.6) is 0 Å². The van der Waals surface area contributed by atoms with E-state index in [1.54, 1.807) is 0 Å². The molecule has 0 saturated carbocycles. The van der Waals surface area contributed by atoms with Gasteiger partial charge in [0, 0.05) is 6.92 Å². The van der Waals surface area contributed by atoms with Crippen molar-refractivity contribution in [3.8, 4) is 0 Å². The van der Waals surface area contributed by atoms with Gasteiger partial charge < -0.3 is 7.59 Å². The summed E-state index contributed by atoms with van der Waals surface area (Å²) in [4.78, 5) is 9.89. The fourth-order valence-electron chi connectivity index (χ4n) is 0.157. The Morgan fingerprint density at radius 3 is 2.20 bits per heavy atom. The second-order valence-electron chi connectivity index (χ2n) is 1.34. The SMILES string of the molecule is CC(=O)OCS(=O)(=O)O.[H-].[H-].[Mg+2]. The second-order valence-corrected chi connectivity index (χ2v) is 2.74. The van der Waals surface area contributed by atoms with Crippen LogP contribution in [-0.2, 0) is 19.6 Å². The van der Waals surface area contributed by atoms with E-state index >= 15 is 0 Å². The van der Waals surface area contributed by atoms with Crippen LogP contribution in [0.3, 0.4) is 0 Å². The van der Waals surface area contributed by atoms with Crippen molar-refractivity contribution in [1.29, 1.82) is 0 Å². The standard InChI is InChI=1S/C3H6O5S.Mg.2H/c1-3(4)8-2-9(5,6)7;;;/h2H2,1H3,(H,5,6,7);;;/q;+2;2*-1. The van der Waals surface area contributed by atoms with E-state index in [2.05, 4.69) is 4.74 Å². The van der Waals surface area contributed by atoms with Crippen molar-refractivity contribution in [3.05, 3.63) is 0 Å². The molecule has 1 N–H and O–H groups in total. The summed E-state index contributed by atoms with van der Waals surface area (Å²) in [6.07, 6.45) is 0. The van der Waals surface area contributed by atoms with Gasteiger partial charge in [0.2, 0.25) is 5.94 Å². The van der Waals surface area contributed by atoms with E-state index < -0.39 is 22.0 Å². The number of carbonyl (C=O) groups is 1. The molecule has 0 atom stereocenters. The normalized spacial score (nSPS) is 9.80. The largest absolute Gasteiger partial charge is 2.00 e. The van der Waals surface area contributed by atoms with Crippen LogP contribution in [0.25, 0.3) is 0 Å². The van der Waals surface area contributed by atoms with Gasteiger partial charge in [-0.25, -0.2) is 0 Å².